The van der Waals surface area contributed by atoms with Crippen molar-refractivity contribution >= 4 is 32.8 Å². The normalized spacial score (nSPS) is 22.7. The summed E-state index contributed by atoms with van der Waals surface area (Å²) in [6.45, 7) is 3.88. The molecule has 4 rings (SSSR count). The Morgan fingerprint density at radius 2 is 2.03 bits per heavy atom. The van der Waals surface area contributed by atoms with Gasteiger partial charge in [0.1, 0.15) is 17.4 Å². The first-order chi connectivity index (χ1) is 17.5. The molecule has 0 spiro atoms. The van der Waals surface area contributed by atoms with Crippen molar-refractivity contribution in [2.75, 3.05) is 27.7 Å². The molecule has 0 saturated heterocycles. The predicted octanol–water partition coefficient (Wildman–Crippen LogP) is 1.10. The van der Waals surface area contributed by atoms with Crippen molar-refractivity contribution in [1.82, 2.24) is 19.3 Å². The Bertz CT molecular complexity index is 1330. The molecular formula is C25H33N5O6S. The monoisotopic (exact) mass is 531 g/mol. The molecule has 2 aliphatic carbocycles. The van der Waals surface area contributed by atoms with Gasteiger partial charge in [0, 0.05) is 38.1 Å². The van der Waals surface area contributed by atoms with Gasteiger partial charge in [-0.25, -0.2) is 9.71 Å². The SMILES string of the molecule is C=C[C@@H]1CC1(NC(=O)C1(C[C@H](CN)Oc2nccc3cc(OC)ccc23)CC1)C(=O)NS(=O)(=O)N(C)C. The lowest BCUT2D eigenvalue weighted by atomic mass is 9.96. The minimum atomic E-state index is -4.01. The largest absolute Gasteiger partial charge is 0.497 e. The van der Waals surface area contributed by atoms with Crippen LogP contribution in [0.25, 0.3) is 10.8 Å². The van der Waals surface area contributed by atoms with Gasteiger partial charge in [-0.15, -0.1) is 6.58 Å². The molecule has 2 amide bonds. The second kappa shape index (κ2) is 9.92. The van der Waals surface area contributed by atoms with E-state index in [1.54, 1.807) is 19.4 Å². The first-order valence-corrected chi connectivity index (χ1v) is 13.4. The number of benzene rings is 1. The van der Waals surface area contributed by atoms with Crippen LogP contribution in [0.15, 0.2) is 43.1 Å². The van der Waals surface area contributed by atoms with Gasteiger partial charge in [-0.3, -0.25) is 9.59 Å². The van der Waals surface area contributed by atoms with Crippen molar-refractivity contribution in [3.8, 4) is 11.6 Å². The third-order valence-electron chi connectivity index (χ3n) is 7.17. The fourth-order valence-electron chi connectivity index (χ4n) is 4.46. The van der Waals surface area contributed by atoms with Gasteiger partial charge >= 0.3 is 10.2 Å². The van der Waals surface area contributed by atoms with E-state index in [0.29, 0.717) is 30.9 Å². The molecular weight excluding hydrogens is 498 g/mol. The summed E-state index contributed by atoms with van der Waals surface area (Å²) in [5, 5.41) is 4.52. The Kier molecular flexibility index (Phi) is 7.19. The van der Waals surface area contributed by atoms with Gasteiger partial charge < -0.3 is 20.5 Å². The first kappa shape index (κ1) is 26.8. The van der Waals surface area contributed by atoms with Crippen LogP contribution in [0.1, 0.15) is 25.7 Å². The molecule has 12 heteroatoms. The molecule has 200 valence electrons. The van der Waals surface area contributed by atoms with Gasteiger partial charge in [0.2, 0.25) is 11.8 Å². The molecule has 1 heterocycles. The number of rotatable bonds is 12. The number of amides is 2. The summed E-state index contributed by atoms with van der Waals surface area (Å²) in [4.78, 5) is 30.7. The predicted molar refractivity (Wildman–Crippen MR) is 138 cm³/mol. The van der Waals surface area contributed by atoms with Crippen LogP contribution in [0.2, 0.25) is 0 Å². The Balaban J connectivity index is 1.48. The zero-order valence-corrected chi connectivity index (χ0v) is 22.0. The van der Waals surface area contributed by atoms with E-state index in [0.717, 1.165) is 15.1 Å². The van der Waals surface area contributed by atoms with Crippen LogP contribution in [0.4, 0.5) is 0 Å². The molecule has 2 fully saturated rings. The van der Waals surface area contributed by atoms with Crippen LogP contribution in [0.5, 0.6) is 11.6 Å². The minimum absolute atomic E-state index is 0.158. The molecule has 0 bridgehead atoms. The molecule has 3 atom stereocenters. The maximum absolute atomic E-state index is 13.4. The van der Waals surface area contributed by atoms with E-state index in [1.807, 2.05) is 29.0 Å². The molecule has 0 radical (unpaired) electrons. The van der Waals surface area contributed by atoms with Gasteiger partial charge in [0.05, 0.1) is 12.5 Å². The van der Waals surface area contributed by atoms with Crippen molar-refractivity contribution in [2.45, 2.75) is 37.3 Å². The van der Waals surface area contributed by atoms with Crippen LogP contribution in [-0.2, 0) is 19.8 Å². The summed E-state index contributed by atoms with van der Waals surface area (Å²) < 4.78 is 38.8. The second-order valence-corrected chi connectivity index (χ2v) is 11.7. The van der Waals surface area contributed by atoms with E-state index in [9.17, 15) is 18.0 Å². The highest BCUT2D eigenvalue weighted by molar-refractivity contribution is 7.87. The number of ether oxygens (including phenoxy) is 2. The lowest BCUT2D eigenvalue weighted by Gasteiger charge is -2.26. The van der Waals surface area contributed by atoms with Gasteiger partial charge in [-0.2, -0.15) is 12.7 Å². The minimum Gasteiger partial charge on any atom is -0.497 e. The highest BCUT2D eigenvalue weighted by Crippen LogP contribution is 2.53. The van der Waals surface area contributed by atoms with Gasteiger partial charge in [-0.1, -0.05) is 6.08 Å². The maximum Gasteiger partial charge on any atom is 0.303 e. The van der Waals surface area contributed by atoms with Crippen LogP contribution in [-0.4, -0.2) is 68.9 Å². The summed E-state index contributed by atoms with van der Waals surface area (Å²) in [6, 6.07) is 7.40. The summed E-state index contributed by atoms with van der Waals surface area (Å²) in [5.41, 5.74) is 3.90. The van der Waals surface area contributed by atoms with Gasteiger partial charge in [-0.05, 0) is 55.3 Å². The van der Waals surface area contributed by atoms with Crippen LogP contribution in [0.3, 0.4) is 0 Å². The number of pyridine rings is 1. The Morgan fingerprint density at radius 3 is 2.59 bits per heavy atom. The van der Waals surface area contributed by atoms with Gasteiger partial charge in [0.15, 0.2) is 0 Å². The molecule has 37 heavy (non-hydrogen) atoms. The summed E-state index contributed by atoms with van der Waals surface area (Å²) in [5.74, 6) is -0.361. The summed E-state index contributed by atoms with van der Waals surface area (Å²) >= 11 is 0. The second-order valence-electron chi connectivity index (χ2n) is 9.85. The van der Waals surface area contributed by atoms with E-state index in [2.05, 4.69) is 16.9 Å². The number of aromatic nitrogens is 1. The van der Waals surface area contributed by atoms with E-state index in [1.165, 1.54) is 14.1 Å². The third kappa shape index (κ3) is 5.27. The molecule has 1 unspecified atom stereocenters. The molecule has 2 aliphatic rings. The highest BCUT2D eigenvalue weighted by Gasteiger charge is 2.63. The van der Waals surface area contributed by atoms with E-state index >= 15 is 0 Å². The Morgan fingerprint density at radius 1 is 1.30 bits per heavy atom. The van der Waals surface area contributed by atoms with E-state index in [4.69, 9.17) is 15.2 Å². The van der Waals surface area contributed by atoms with Crippen molar-refractivity contribution in [3.63, 3.8) is 0 Å². The molecule has 1 aromatic heterocycles. The van der Waals surface area contributed by atoms with Crippen LogP contribution < -0.4 is 25.2 Å². The fourth-order valence-corrected chi connectivity index (χ4v) is 5.06. The number of fused-ring (bicyclic) bond motifs is 1. The number of carbonyl (C=O) groups excluding carboxylic acids is 2. The molecule has 2 aromatic rings. The molecule has 11 nitrogen and oxygen atoms in total. The summed E-state index contributed by atoms with van der Waals surface area (Å²) in [6.07, 6.45) is 4.49. The molecule has 1 aromatic carbocycles. The quantitative estimate of drug-likeness (QED) is 0.344. The van der Waals surface area contributed by atoms with Crippen LogP contribution in [0, 0.1) is 11.3 Å². The standard InChI is InChI=1S/C25H33N5O6S/c1-5-17-13-25(17,23(32)29-37(33,34)30(2)3)28-22(31)24(9-10-24)14-19(15-26)36-21-20-7-6-18(35-4)12-16(20)8-11-27-21/h5-8,11-12,17,19H,1,9-10,13-15,26H2,2-4H3,(H,28,31)(H,29,32)/t17-,19-,25?/m1/s1. The maximum atomic E-state index is 13.4. The zero-order chi connectivity index (χ0) is 27.0. The third-order valence-corrected chi connectivity index (χ3v) is 8.58. The fraction of sp³-hybridized carbons (Fsp3) is 0.480. The number of nitrogens with one attached hydrogen (secondary N) is 2. The summed E-state index contributed by atoms with van der Waals surface area (Å²) in [7, 11) is 0.208. The number of nitrogens with zero attached hydrogens (tertiary/aromatic N) is 2. The first-order valence-electron chi connectivity index (χ1n) is 12.0. The Hall–Kier alpha value is -3.22. The lowest BCUT2D eigenvalue weighted by molar-refractivity contribution is -0.133. The number of nitrogens with two attached hydrogens (primary N) is 1. The van der Waals surface area contributed by atoms with Crippen molar-refractivity contribution in [1.29, 1.82) is 0 Å². The van der Waals surface area contributed by atoms with Crippen molar-refractivity contribution < 1.29 is 27.5 Å². The molecule has 2 saturated carbocycles. The number of hydrogen-bond acceptors (Lipinski definition) is 8. The number of methoxy groups -OCH3 is 1. The Labute approximate surface area is 216 Å². The topological polar surface area (TPSA) is 153 Å². The molecule has 0 aliphatic heterocycles. The lowest BCUT2D eigenvalue weighted by Crippen LogP contribution is -2.55. The van der Waals surface area contributed by atoms with Crippen molar-refractivity contribution in [2.24, 2.45) is 17.1 Å². The number of hydrogen-bond donors (Lipinski definition) is 3. The average molecular weight is 532 g/mol. The van der Waals surface area contributed by atoms with E-state index < -0.39 is 33.2 Å². The molecule has 4 N–H and O–H groups in total. The highest BCUT2D eigenvalue weighted by atomic mass is 32.2. The number of carbonyl (C=O) groups is 2. The zero-order valence-electron chi connectivity index (χ0n) is 21.2. The van der Waals surface area contributed by atoms with E-state index in [-0.39, 0.29) is 24.8 Å². The van der Waals surface area contributed by atoms with Gasteiger partial charge in [0.25, 0.3) is 5.91 Å². The van der Waals surface area contributed by atoms with Crippen LogP contribution >= 0.6 is 0 Å². The average Bonchev–Trinajstić information content (AvgIpc) is 3.79. The van der Waals surface area contributed by atoms with Crippen molar-refractivity contribution in [3.05, 3.63) is 43.1 Å². The smallest absolute Gasteiger partial charge is 0.303 e.